The highest BCUT2D eigenvalue weighted by Crippen LogP contribution is 2.32. The summed E-state index contributed by atoms with van der Waals surface area (Å²) in [4.78, 5) is 2.80. The molecule has 2 aliphatic rings. The molecule has 2 atom stereocenters. The van der Waals surface area contributed by atoms with Gasteiger partial charge in [0.1, 0.15) is 0 Å². The molecule has 2 heteroatoms. The van der Waals surface area contributed by atoms with Gasteiger partial charge in [-0.25, -0.2) is 0 Å². The molecule has 0 aromatic heterocycles. The second-order valence-electron chi connectivity index (χ2n) is 7.22. The smallest absolute Gasteiger partial charge is 0.00953 e. The molecule has 2 rings (SSSR count). The molecule has 2 fully saturated rings. The van der Waals surface area contributed by atoms with Crippen molar-refractivity contribution in [2.45, 2.75) is 71.3 Å². The molecule has 0 aromatic carbocycles. The van der Waals surface area contributed by atoms with Crippen molar-refractivity contribution in [3.63, 3.8) is 0 Å². The third kappa shape index (κ3) is 4.46. The van der Waals surface area contributed by atoms with E-state index in [1.807, 2.05) is 0 Å². The van der Waals surface area contributed by atoms with Crippen LogP contribution in [0.3, 0.4) is 0 Å². The number of rotatable bonds is 4. The van der Waals surface area contributed by atoms with E-state index in [0.717, 1.165) is 30.3 Å². The topological polar surface area (TPSA) is 29.3 Å². The Kier molecular flexibility index (Phi) is 6.15. The van der Waals surface area contributed by atoms with Gasteiger partial charge in [0.25, 0.3) is 0 Å². The van der Waals surface area contributed by atoms with E-state index in [1.165, 1.54) is 64.5 Å². The van der Waals surface area contributed by atoms with Crippen LogP contribution in [0.15, 0.2) is 0 Å². The zero-order valence-corrected chi connectivity index (χ0v) is 13.1. The fourth-order valence-electron chi connectivity index (χ4n) is 4.19. The number of hydrogen-bond acceptors (Lipinski definition) is 2. The standard InChI is InChI=1S/C17H34N2/c1-14(2)16-4-3-5-17(7-6-16)19-12-9-15(8-11-18)10-13-19/h14-17H,3-13,18H2,1-2H3. The first-order chi connectivity index (χ1) is 9.20. The van der Waals surface area contributed by atoms with Crippen LogP contribution in [-0.2, 0) is 0 Å². The van der Waals surface area contributed by atoms with Gasteiger partial charge in [-0.3, -0.25) is 0 Å². The molecule has 0 amide bonds. The number of likely N-dealkylation sites (tertiary alicyclic amines) is 1. The van der Waals surface area contributed by atoms with Crippen LogP contribution < -0.4 is 5.73 Å². The Labute approximate surface area is 120 Å². The molecule has 0 radical (unpaired) electrons. The summed E-state index contributed by atoms with van der Waals surface area (Å²) in [6.45, 7) is 8.36. The highest BCUT2D eigenvalue weighted by atomic mass is 15.2. The molecule has 1 saturated heterocycles. The minimum Gasteiger partial charge on any atom is -0.330 e. The average molecular weight is 266 g/mol. The Morgan fingerprint density at radius 3 is 2.37 bits per heavy atom. The van der Waals surface area contributed by atoms with Crippen molar-refractivity contribution in [1.29, 1.82) is 0 Å². The van der Waals surface area contributed by atoms with Crippen LogP contribution in [0.25, 0.3) is 0 Å². The maximum absolute atomic E-state index is 5.69. The molecule has 2 N–H and O–H groups in total. The lowest BCUT2D eigenvalue weighted by Gasteiger charge is -2.37. The van der Waals surface area contributed by atoms with Gasteiger partial charge in [-0.2, -0.15) is 0 Å². The summed E-state index contributed by atoms with van der Waals surface area (Å²) in [5.41, 5.74) is 5.69. The molecule has 0 spiro atoms. The van der Waals surface area contributed by atoms with Gasteiger partial charge < -0.3 is 10.6 Å². The van der Waals surface area contributed by atoms with Gasteiger partial charge in [0.15, 0.2) is 0 Å². The molecule has 2 unspecified atom stereocenters. The van der Waals surface area contributed by atoms with Gasteiger partial charge in [0.2, 0.25) is 0 Å². The predicted octanol–water partition coefficient (Wildman–Crippen LogP) is 3.65. The fraction of sp³-hybridized carbons (Fsp3) is 1.00. The summed E-state index contributed by atoms with van der Waals surface area (Å²) in [6.07, 6.45) is 11.3. The number of nitrogens with zero attached hydrogens (tertiary/aromatic N) is 1. The molecule has 1 aliphatic carbocycles. The van der Waals surface area contributed by atoms with Crippen molar-refractivity contribution in [3.8, 4) is 0 Å². The Morgan fingerprint density at radius 1 is 1.00 bits per heavy atom. The number of hydrogen-bond donors (Lipinski definition) is 1. The van der Waals surface area contributed by atoms with Crippen LogP contribution in [-0.4, -0.2) is 30.6 Å². The second kappa shape index (κ2) is 7.64. The number of piperidine rings is 1. The maximum Gasteiger partial charge on any atom is 0.00953 e. The molecule has 1 aliphatic heterocycles. The van der Waals surface area contributed by atoms with Gasteiger partial charge >= 0.3 is 0 Å². The van der Waals surface area contributed by atoms with E-state index < -0.39 is 0 Å². The zero-order valence-electron chi connectivity index (χ0n) is 13.1. The third-order valence-corrected chi connectivity index (χ3v) is 5.67. The fourth-order valence-corrected chi connectivity index (χ4v) is 4.19. The highest BCUT2D eigenvalue weighted by molar-refractivity contribution is 4.82. The van der Waals surface area contributed by atoms with Crippen molar-refractivity contribution in [2.75, 3.05) is 19.6 Å². The monoisotopic (exact) mass is 266 g/mol. The lowest BCUT2D eigenvalue weighted by Crippen LogP contribution is -2.41. The van der Waals surface area contributed by atoms with E-state index in [4.69, 9.17) is 5.73 Å². The Bertz CT molecular complexity index is 244. The minimum atomic E-state index is 0.879. The van der Waals surface area contributed by atoms with Crippen molar-refractivity contribution in [2.24, 2.45) is 23.5 Å². The van der Waals surface area contributed by atoms with Crippen LogP contribution in [0.4, 0.5) is 0 Å². The van der Waals surface area contributed by atoms with Crippen molar-refractivity contribution < 1.29 is 0 Å². The van der Waals surface area contributed by atoms with Crippen molar-refractivity contribution in [3.05, 3.63) is 0 Å². The largest absolute Gasteiger partial charge is 0.330 e. The van der Waals surface area contributed by atoms with Gasteiger partial charge in [0.05, 0.1) is 0 Å². The van der Waals surface area contributed by atoms with E-state index in [0.29, 0.717) is 0 Å². The maximum atomic E-state index is 5.69. The Balaban J connectivity index is 1.77. The summed E-state index contributed by atoms with van der Waals surface area (Å²) in [5.74, 6) is 2.78. The first-order valence-corrected chi connectivity index (χ1v) is 8.64. The highest BCUT2D eigenvalue weighted by Gasteiger charge is 2.27. The molecule has 0 aromatic rings. The quantitative estimate of drug-likeness (QED) is 0.787. The van der Waals surface area contributed by atoms with E-state index in [9.17, 15) is 0 Å². The van der Waals surface area contributed by atoms with Crippen LogP contribution in [0.1, 0.15) is 65.2 Å². The molecular formula is C17H34N2. The van der Waals surface area contributed by atoms with E-state index in [1.54, 1.807) is 0 Å². The van der Waals surface area contributed by atoms with Gasteiger partial charge in [0, 0.05) is 6.04 Å². The van der Waals surface area contributed by atoms with Crippen LogP contribution in [0.5, 0.6) is 0 Å². The first-order valence-electron chi connectivity index (χ1n) is 8.64. The van der Waals surface area contributed by atoms with Crippen LogP contribution in [0, 0.1) is 17.8 Å². The van der Waals surface area contributed by atoms with Gasteiger partial charge in [-0.05, 0) is 75.9 Å². The second-order valence-corrected chi connectivity index (χ2v) is 7.22. The summed E-state index contributed by atoms with van der Waals surface area (Å²) in [6, 6.07) is 0.891. The lowest BCUT2D eigenvalue weighted by atomic mass is 9.88. The number of nitrogens with two attached hydrogens (primary N) is 1. The summed E-state index contributed by atoms with van der Waals surface area (Å²) >= 11 is 0. The summed E-state index contributed by atoms with van der Waals surface area (Å²) in [7, 11) is 0. The summed E-state index contributed by atoms with van der Waals surface area (Å²) in [5, 5.41) is 0. The molecule has 0 bridgehead atoms. The lowest BCUT2D eigenvalue weighted by molar-refractivity contribution is 0.118. The molecule has 1 heterocycles. The van der Waals surface area contributed by atoms with Gasteiger partial charge in [-0.15, -0.1) is 0 Å². The van der Waals surface area contributed by atoms with Crippen molar-refractivity contribution in [1.82, 2.24) is 4.90 Å². The van der Waals surface area contributed by atoms with E-state index in [-0.39, 0.29) is 0 Å². The molecule has 1 saturated carbocycles. The Morgan fingerprint density at radius 2 is 1.74 bits per heavy atom. The average Bonchev–Trinajstić information content (AvgIpc) is 2.66. The van der Waals surface area contributed by atoms with E-state index in [2.05, 4.69) is 18.7 Å². The third-order valence-electron chi connectivity index (χ3n) is 5.67. The first kappa shape index (κ1) is 15.3. The van der Waals surface area contributed by atoms with E-state index >= 15 is 0 Å². The SMILES string of the molecule is CC(C)C1CCCC(N2CCC(CCN)CC2)CC1. The zero-order chi connectivity index (χ0) is 13.7. The molecule has 19 heavy (non-hydrogen) atoms. The predicted molar refractivity (Wildman–Crippen MR) is 83.2 cm³/mol. The van der Waals surface area contributed by atoms with Crippen LogP contribution >= 0.6 is 0 Å². The Hall–Kier alpha value is -0.0800. The van der Waals surface area contributed by atoms with Crippen molar-refractivity contribution >= 4 is 0 Å². The summed E-state index contributed by atoms with van der Waals surface area (Å²) < 4.78 is 0. The van der Waals surface area contributed by atoms with Gasteiger partial charge in [-0.1, -0.05) is 26.7 Å². The minimum absolute atomic E-state index is 0.879. The molecule has 112 valence electrons. The molecule has 2 nitrogen and oxygen atoms in total. The molecular weight excluding hydrogens is 232 g/mol. The van der Waals surface area contributed by atoms with Crippen LogP contribution in [0.2, 0.25) is 0 Å². The normalized spacial score (nSPS) is 31.6.